The molecule has 7 nitrogen and oxygen atoms in total. The number of carbonyl (C=O) groups is 1. The standard InChI is InChI=1S/C19H26N4O3/c1-4-14-7-5-6-8-22(14)18(24)11-23-19(25)16(20)10-17(21-23)15-9-12(2)26-13(15)3/h9-10,14H,4-8,11,20H2,1-3H3/t14-/m0/s1. The van der Waals surface area contributed by atoms with Gasteiger partial charge in [-0.05, 0) is 51.7 Å². The van der Waals surface area contributed by atoms with Crippen molar-refractivity contribution >= 4 is 11.6 Å². The molecular weight excluding hydrogens is 332 g/mol. The van der Waals surface area contributed by atoms with E-state index in [4.69, 9.17) is 10.2 Å². The van der Waals surface area contributed by atoms with Crippen LogP contribution in [-0.2, 0) is 11.3 Å². The first-order valence-corrected chi connectivity index (χ1v) is 9.15. The van der Waals surface area contributed by atoms with Gasteiger partial charge in [0.2, 0.25) is 5.91 Å². The van der Waals surface area contributed by atoms with Crippen LogP contribution in [0.2, 0.25) is 0 Å². The lowest BCUT2D eigenvalue weighted by molar-refractivity contribution is -0.135. The molecule has 0 bridgehead atoms. The van der Waals surface area contributed by atoms with Crippen LogP contribution < -0.4 is 11.3 Å². The monoisotopic (exact) mass is 358 g/mol. The zero-order valence-corrected chi connectivity index (χ0v) is 15.6. The van der Waals surface area contributed by atoms with Gasteiger partial charge in [0.1, 0.15) is 23.8 Å². The van der Waals surface area contributed by atoms with E-state index in [2.05, 4.69) is 12.0 Å². The number of likely N-dealkylation sites (tertiary alicyclic amines) is 1. The van der Waals surface area contributed by atoms with Gasteiger partial charge in [-0.1, -0.05) is 6.92 Å². The van der Waals surface area contributed by atoms with Crippen molar-refractivity contribution < 1.29 is 9.21 Å². The number of piperidine rings is 1. The fourth-order valence-electron chi connectivity index (χ4n) is 3.66. The zero-order chi connectivity index (χ0) is 18.8. The summed E-state index contributed by atoms with van der Waals surface area (Å²) in [7, 11) is 0. The molecule has 0 aliphatic carbocycles. The van der Waals surface area contributed by atoms with Crippen molar-refractivity contribution in [3.63, 3.8) is 0 Å². The van der Waals surface area contributed by atoms with Gasteiger partial charge in [0, 0.05) is 18.2 Å². The third-order valence-corrected chi connectivity index (χ3v) is 5.02. The van der Waals surface area contributed by atoms with Crippen molar-refractivity contribution in [3.05, 3.63) is 34.0 Å². The molecule has 3 rings (SSSR count). The predicted molar refractivity (Wildman–Crippen MR) is 99.7 cm³/mol. The molecule has 1 amide bonds. The Morgan fingerprint density at radius 2 is 2.12 bits per heavy atom. The zero-order valence-electron chi connectivity index (χ0n) is 15.6. The van der Waals surface area contributed by atoms with Crippen molar-refractivity contribution in [2.24, 2.45) is 0 Å². The highest BCUT2D eigenvalue weighted by atomic mass is 16.3. The van der Waals surface area contributed by atoms with Gasteiger partial charge in [0.15, 0.2) is 0 Å². The normalized spacial score (nSPS) is 17.5. The van der Waals surface area contributed by atoms with E-state index in [1.165, 1.54) is 10.7 Å². The second-order valence-corrected chi connectivity index (χ2v) is 6.92. The number of nitrogens with two attached hydrogens (primary N) is 1. The van der Waals surface area contributed by atoms with Crippen LogP contribution in [0.1, 0.15) is 44.1 Å². The van der Waals surface area contributed by atoms with E-state index >= 15 is 0 Å². The summed E-state index contributed by atoms with van der Waals surface area (Å²) in [6.07, 6.45) is 4.08. The molecular formula is C19H26N4O3. The van der Waals surface area contributed by atoms with Crippen LogP contribution in [0, 0.1) is 13.8 Å². The SMILES string of the molecule is CC[C@H]1CCCCN1C(=O)Cn1nc(-c2cc(C)oc2C)cc(N)c1=O. The van der Waals surface area contributed by atoms with Crippen LogP contribution in [0.3, 0.4) is 0 Å². The maximum atomic E-state index is 12.8. The van der Waals surface area contributed by atoms with E-state index in [-0.39, 0.29) is 24.2 Å². The summed E-state index contributed by atoms with van der Waals surface area (Å²) in [5.41, 5.74) is 6.84. The van der Waals surface area contributed by atoms with E-state index in [9.17, 15) is 9.59 Å². The highest BCUT2D eigenvalue weighted by Crippen LogP contribution is 2.25. The van der Waals surface area contributed by atoms with E-state index in [1.807, 2.05) is 24.8 Å². The van der Waals surface area contributed by atoms with Gasteiger partial charge in [0.05, 0.1) is 5.69 Å². The molecule has 1 fully saturated rings. The Balaban J connectivity index is 1.91. The summed E-state index contributed by atoms with van der Waals surface area (Å²) in [5.74, 6) is 1.38. The van der Waals surface area contributed by atoms with Gasteiger partial charge in [-0.2, -0.15) is 5.10 Å². The number of amides is 1. The molecule has 140 valence electrons. The first kappa shape index (κ1) is 18.2. The first-order chi connectivity index (χ1) is 12.4. The Hall–Kier alpha value is -2.57. The molecule has 3 heterocycles. The molecule has 0 saturated carbocycles. The Labute approximate surface area is 152 Å². The van der Waals surface area contributed by atoms with Crippen LogP contribution in [0.15, 0.2) is 21.3 Å². The molecule has 1 saturated heterocycles. The molecule has 2 aromatic heterocycles. The lowest BCUT2D eigenvalue weighted by atomic mass is 10.00. The summed E-state index contributed by atoms with van der Waals surface area (Å²) in [6.45, 7) is 6.41. The first-order valence-electron chi connectivity index (χ1n) is 9.15. The topological polar surface area (TPSA) is 94.4 Å². The van der Waals surface area contributed by atoms with E-state index in [0.717, 1.165) is 43.6 Å². The number of aryl methyl sites for hydroxylation is 2. The molecule has 0 radical (unpaired) electrons. The van der Waals surface area contributed by atoms with Gasteiger partial charge < -0.3 is 15.1 Å². The lowest BCUT2D eigenvalue weighted by Gasteiger charge is -2.35. The van der Waals surface area contributed by atoms with Crippen LogP contribution in [0.25, 0.3) is 11.3 Å². The molecule has 7 heteroatoms. The van der Waals surface area contributed by atoms with Gasteiger partial charge in [-0.3, -0.25) is 9.59 Å². The number of nitrogen functional groups attached to an aromatic ring is 1. The fourth-order valence-corrected chi connectivity index (χ4v) is 3.66. The molecule has 1 aliphatic rings. The van der Waals surface area contributed by atoms with Gasteiger partial charge >= 0.3 is 0 Å². The van der Waals surface area contributed by atoms with Crippen molar-refractivity contribution in [2.75, 3.05) is 12.3 Å². The summed E-state index contributed by atoms with van der Waals surface area (Å²) >= 11 is 0. The van der Waals surface area contributed by atoms with Gasteiger partial charge in [-0.25, -0.2) is 4.68 Å². The molecule has 0 unspecified atom stereocenters. The molecule has 0 aromatic carbocycles. The second kappa shape index (κ2) is 7.35. The quantitative estimate of drug-likeness (QED) is 0.906. The Bertz CT molecular complexity index is 868. The highest BCUT2D eigenvalue weighted by Gasteiger charge is 2.26. The fraction of sp³-hybridized carbons (Fsp3) is 0.526. The molecule has 2 N–H and O–H groups in total. The summed E-state index contributed by atoms with van der Waals surface area (Å²) < 4.78 is 6.72. The third-order valence-electron chi connectivity index (χ3n) is 5.02. The van der Waals surface area contributed by atoms with Crippen molar-refractivity contribution in [3.8, 4) is 11.3 Å². The largest absolute Gasteiger partial charge is 0.466 e. The minimum Gasteiger partial charge on any atom is -0.466 e. The van der Waals surface area contributed by atoms with Crippen molar-refractivity contribution in [2.45, 2.75) is 59.0 Å². The second-order valence-electron chi connectivity index (χ2n) is 6.92. The number of hydrogen-bond donors (Lipinski definition) is 1. The Morgan fingerprint density at radius 3 is 2.77 bits per heavy atom. The van der Waals surface area contributed by atoms with Crippen LogP contribution >= 0.6 is 0 Å². The maximum absolute atomic E-state index is 12.8. The van der Waals surface area contributed by atoms with E-state index in [0.29, 0.717) is 11.5 Å². The molecule has 1 aliphatic heterocycles. The summed E-state index contributed by atoms with van der Waals surface area (Å²) in [6, 6.07) is 3.63. The van der Waals surface area contributed by atoms with Gasteiger partial charge in [0.25, 0.3) is 5.56 Å². The number of anilines is 1. The highest BCUT2D eigenvalue weighted by molar-refractivity contribution is 5.76. The summed E-state index contributed by atoms with van der Waals surface area (Å²) in [5, 5.41) is 4.38. The number of hydrogen-bond acceptors (Lipinski definition) is 5. The van der Waals surface area contributed by atoms with E-state index < -0.39 is 5.56 Å². The number of rotatable bonds is 4. The molecule has 2 aromatic rings. The number of carbonyl (C=O) groups excluding carboxylic acids is 1. The van der Waals surface area contributed by atoms with E-state index in [1.54, 1.807) is 0 Å². The third kappa shape index (κ3) is 3.52. The number of nitrogens with zero attached hydrogens (tertiary/aromatic N) is 3. The van der Waals surface area contributed by atoms with Crippen molar-refractivity contribution in [1.29, 1.82) is 0 Å². The number of aromatic nitrogens is 2. The minimum absolute atomic E-state index is 0.0757. The molecule has 1 atom stereocenters. The van der Waals surface area contributed by atoms with Gasteiger partial charge in [-0.15, -0.1) is 0 Å². The predicted octanol–water partition coefficient (Wildman–Crippen LogP) is 2.49. The molecule has 26 heavy (non-hydrogen) atoms. The number of furan rings is 1. The van der Waals surface area contributed by atoms with Crippen LogP contribution in [-0.4, -0.2) is 33.2 Å². The average Bonchev–Trinajstić information content (AvgIpc) is 2.96. The Kier molecular flexibility index (Phi) is 5.15. The maximum Gasteiger partial charge on any atom is 0.290 e. The van der Waals surface area contributed by atoms with Crippen LogP contribution in [0.4, 0.5) is 5.69 Å². The minimum atomic E-state index is -0.440. The molecule has 0 spiro atoms. The van der Waals surface area contributed by atoms with Crippen LogP contribution in [0.5, 0.6) is 0 Å². The Morgan fingerprint density at radius 1 is 1.35 bits per heavy atom. The average molecular weight is 358 g/mol. The van der Waals surface area contributed by atoms with Crippen molar-refractivity contribution in [1.82, 2.24) is 14.7 Å². The smallest absolute Gasteiger partial charge is 0.290 e. The summed E-state index contributed by atoms with van der Waals surface area (Å²) in [4.78, 5) is 27.1. The lowest BCUT2D eigenvalue weighted by Crippen LogP contribution is -2.46.